The van der Waals surface area contributed by atoms with Gasteiger partial charge in [-0.05, 0) is 30.2 Å². The van der Waals surface area contributed by atoms with Crippen LogP contribution in [0.2, 0.25) is 5.02 Å². The molecule has 3 amide bonds. The van der Waals surface area contributed by atoms with E-state index in [9.17, 15) is 9.59 Å². The summed E-state index contributed by atoms with van der Waals surface area (Å²) >= 11 is 6.00. The number of nitrogens with one attached hydrogen (secondary N) is 3. The largest absolute Gasteiger partial charge is 0.347 e. The second-order valence-electron chi connectivity index (χ2n) is 4.13. The molecule has 5 nitrogen and oxygen atoms in total. The molecule has 1 aliphatic heterocycles. The van der Waals surface area contributed by atoms with E-state index in [1.165, 1.54) is 6.08 Å². The van der Waals surface area contributed by atoms with E-state index in [0.29, 0.717) is 23.0 Å². The number of urea groups is 1. The van der Waals surface area contributed by atoms with E-state index >= 15 is 0 Å². The average Bonchev–Trinajstić information content (AvgIpc) is 2.77. The van der Waals surface area contributed by atoms with Crippen LogP contribution in [0.25, 0.3) is 0 Å². The van der Waals surface area contributed by atoms with Crippen LogP contribution in [-0.4, -0.2) is 18.5 Å². The average molecular weight is 280 g/mol. The van der Waals surface area contributed by atoms with Crippen molar-refractivity contribution in [1.82, 2.24) is 10.6 Å². The highest BCUT2D eigenvalue weighted by Gasteiger charge is 2.13. The summed E-state index contributed by atoms with van der Waals surface area (Å²) in [5, 5.41) is 8.56. The van der Waals surface area contributed by atoms with Crippen molar-refractivity contribution < 1.29 is 9.59 Å². The molecule has 0 spiro atoms. The summed E-state index contributed by atoms with van der Waals surface area (Å²) in [5.74, 6) is -0.199. The lowest BCUT2D eigenvalue weighted by Crippen LogP contribution is -2.30. The van der Waals surface area contributed by atoms with Gasteiger partial charge < -0.3 is 16.0 Å². The van der Waals surface area contributed by atoms with Gasteiger partial charge in [-0.15, -0.1) is 0 Å². The molecule has 3 N–H and O–H groups in total. The first kappa shape index (κ1) is 13.4. The fourth-order valence-corrected chi connectivity index (χ4v) is 2.01. The lowest BCUT2D eigenvalue weighted by atomic mass is 10.1. The number of carbonyl (C=O) groups is 2. The molecule has 19 heavy (non-hydrogen) atoms. The molecule has 100 valence electrons. The minimum Gasteiger partial charge on any atom is -0.347 e. The summed E-state index contributed by atoms with van der Waals surface area (Å²) in [6.45, 7) is 2.33. The molecule has 1 aromatic carbocycles. The third-order valence-corrected chi connectivity index (χ3v) is 3.09. The lowest BCUT2D eigenvalue weighted by molar-refractivity contribution is -0.115. The summed E-state index contributed by atoms with van der Waals surface area (Å²) in [6.07, 6.45) is 2.15. The first-order valence-corrected chi connectivity index (χ1v) is 6.31. The second kappa shape index (κ2) is 5.75. The van der Waals surface area contributed by atoms with Crippen LogP contribution in [0.1, 0.15) is 12.5 Å². The van der Waals surface area contributed by atoms with Gasteiger partial charge in [0.1, 0.15) is 0 Å². The number of halogens is 1. The minimum absolute atomic E-state index is 0.199. The van der Waals surface area contributed by atoms with Crippen LogP contribution in [0.5, 0.6) is 0 Å². The van der Waals surface area contributed by atoms with Gasteiger partial charge in [-0.1, -0.05) is 18.5 Å². The van der Waals surface area contributed by atoms with E-state index < -0.39 is 0 Å². The molecule has 0 atom stereocenters. The Labute approximate surface area is 116 Å². The minimum atomic E-state index is -0.382. The van der Waals surface area contributed by atoms with Crippen LogP contribution < -0.4 is 16.0 Å². The summed E-state index contributed by atoms with van der Waals surface area (Å²) in [6, 6.07) is 4.92. The topological polar surface area (TPSA) is 70.2 Å². The highest BCUT2D eigenvalue weighted by molar-refractivity contribution is 6.31. The predicted octanol–water partition coefficient (Wildman–Crippen LogP) is 2.04. The summed E-state index contributed by atoms with van der Waals surface area (Å²) in [4.78, 5) is 22.7. The molecule has 0 saturated heterocycles. The normalized spacial score (nSPS) is 13.8. The molecule has 1 aromatic rings. The van der Waals surface area contributed by atoms with Crippen molar-refractivity contribution >= 4 is 29.2 Å². The van der Waals surface area contributed by atoms with E-state index in [1.54, 1.807) is 12.1 Å². The van der Waals surface area contributed by atoms with Crippen molar-refractivity contribution in [2.24, 2.45) is 0 Å². The number of benzene rings is 1. The van der Waals surface area contributed by atoms with Crippen LogP contribution in [-0.2, 0) is 11.2 Å². The van der Waals surface area contributed by atoms with Crippen molar-refractivity contribution in [1.29, 1.82) is 0 Å². The van der Waals surface area contributed by atoms with E-state index in [4.69, 9.17) is 11.6 Å². The van der Waals surface area contributed by atoms with Gasteiger partial charge in [0.2, 0.25) is 5.91 Å². The highest BCUT2D eigenvalue weighted by atomic mass is 35.5. The number of hydrogen-bond acceptors (Lipinski definition) is 2. The fraction of sp³-hybridized carbons (Fsp3) is 0.231. The quantitative estimate of drug-likeness (QED) is 0.792. The SMILES string of the molecule is CCc1cc(NC(=O)NC2=CC(=O)NC2)ccc1Cl. The highest BCUT2D eigenvalue weighted by Crippen LogP contribution is 2.20. The van der Waals surface area contributed by atoms with E-state index in [-0.39, 0.29) is 11.9 Å². The molecular weight excluding hydrogens is 266 g/mol. The maximum atomic E-state index is 11.7. The molecule has 0 saturated carbocycles. The summed E-state index contributed by atoms with van der Waals surface area (Å²) in [5.41, 5.74) is 2.18. The molecule has 1 aliphatic rings. The molecular formula is C13H14ClN3O2. The Morgan fingerprint density at radius 3 is 2.84 bits per heavy atom. The van der Waals surface area contributed by atoms with Gasteiger partial charge >= 0.3 is 6.03 Å². The standard InChI is InChI=1S/C13H14ClN3O2/c1-2-8-5-9(3-4-11(8)14)16-13(19)17-10-6-12(18)15-7-10/h3-6H,2,7H2,1H3,(H,15,18)(H2,16,17,19). The second-order valence-corrected chi connectivity index (χ2v) is 4.53. The molecule has 0 aliphatic carbocycles. The van der Waals surface area contributed by atoms with Crippen molar-refractivity contribution in [3.8, 4) is 0 Å². The number of aryl methyl sites for hydroxylation is 1. The Kier molecular flexibility index (Phi) is 4.06. The zero-order valence-corrected chi connectivity index (χ0v) is 11.2. The van der Waals surface area contributed by atoms with Crippen molar-refractivity contribution in [3.05, 3.63) is 40.6 Å². The van der Waals surface area contributed by atoms with Crippen LogP contribution in [0.15, 0.2) is 30.0 Å². The van der Waals surface area contributed by atoms with Crippen LogP contribution in [0.3, 0.4) is 0 Å². The van der Waals surface area contributed by atoms with Gasteiger partial charge in [-0.2, -0.15) is 0 Å². The molecule has 0 bridgehead atoms. The predicted molar refractivity (Wildman–Crippen MR) is 74.1 cm³/mol. The maximum Gasteiger partial charge on any atom is 0.323 e. The Balaban J connectivity index is 1.99. The molecule has 0 fully saturated rings. The van der Waals surface area contributed by atoms with E-state index in [1.807, 2.05) is 13.0 Å². The maximum absolute atomic E-state index is 11.7. The zero-order chi connectivity index (χ0) is 13.8. The van der Waals surface area contributed by atoms with Crippen molar-refractivity contribution in [3.63, 3.8) is 0 Å². The molecule has 1 heterocycles. The molecule has 0 aromatic heterocycles. The zero-order valence-electron chi connectivity index (χ0n) is 10.4. The molecule has 0 unspecified atom stereocenters. The first-order valence-electron chi connectivity index (χ1n) is 5.93. The molecule has 0 radical (unpaired) electrons. The van der Waals surface area contributed by atoms with Gasteiger partial charge in [0, 0.05) is 22.5 Å². The number of amides is 3. The summed E-state index contributed by atoms with van der Waals surface area (Å²) in [7, 11) is 0. The van der Waals surface area contributed by atoms with Crippen LogP contribution in [0, 0.1) is 0 Å². The first-order chi connectivity index (χ1) is 9.08. The van der Waals surface area contributed by atoms with Gasteiger partial charge in [0.25, 0.3) is 0 Å². The lowest BCUT2D eigenvalue weighted by Gasteiger charge is -2.09. The van der Waals surface area contributed by atoms with Crippen LogP contribution in [0.4, 0.5) is 10.5 Å². The van der Waals surface area contributed by atoms with Gasteiger partial charge in [-0.3, -0.25) is 4.79 Å². The molecule has 6 heteroatoms. The third-order valence-electron chi connectivity index (χ3n) is 2.72. The number of carbonyl (C=O) groups excluding carboxylic acids is 2. The number of rotatable bonds is 3. The van der Waals surface area contributed by atoms with Crippen molar-refractivity contribution in [2.75, 3.05) is 11.9 Å². The van der Waals surface area contributed by atoms with Gasteiger partial charge in [-0.25, -0.2) is 4.79 Å². The van der Waals surface area contributed by atoms with Gasteiger partial charge in [0.05, 0.1) is 6.54 Å². The Hall–Kier alpha value is -2.01. The Morgan fingerprint density at radius 2 is 2.21 bits per heavy atom. The molecule has 2 rings (SSSR count). The number of hydrogen-bond donors (Lipinski definition) is 3. The van der Waals surface area contributed by atoms with Crippen molar-refractivity contribution in [2.45, 2.75) is 13.3 Å². The van der Waals surface area contributed by atoms with Gasteiger partial charge in [0.15, 0.2) is 0 Å². The summed E-state index contributed by atoms with van der Waals surface area (Å²) < 4.78 is 0. The van der Waals surface area contributed by atoms with E-state index in [0.717, 1.165) is 12.0 Å². The monoisotopic (exact) mass is 279 g/mol. The fourth-order valence-electron chi connectivity index (χ4n) is 1.75. The Morgan fingerprint density at radius 1 is 1.42 bits per heavy atom. The van der Waals surface area contributed by atoms with E-state index in [2.05, 4.69) is 16.0 Å². The smallest absolute Gasteiger partial charge is 0.323 e. The third kappa shape index (κ3) is 3.48. The Bertz CT molecular complexity index is 555. The van der Waals surface area contributed by atoms with Crippen LogP contribution >= 0.6 is 11.6 Å². The number of anilines is 1.